The molecule has 2 fully saturated rings. The van der Waals surface area contributed by atoms with Gasteiger partial charge in [0.15, 0.2) is 0 Å². The average molecular weight is 724 g/mol. The highest BCUT2D eigenvalue weighted by atomic mass is 19.4. The first-order valence-corrected chi connectivity index (χ1v) is 17.2. The van der Waals surface area contributed by atoms with E-state index in [4.69, 9.17) is 4.74 Å². The zero-order valence-corrected chi connectivity index (χ0v) is 28.8. The molecule has 1 aliphatic carbocycles. The maximum absolute atomic E-state index is 13.8. The monoisotopic (exact) mass is 723 g/mol. The van der Waals surface area contributed by atoms with Crippen LogP contribution >= 0.6 is 0 Å². The smallest absolute Gasteiger partial charge is 0.416 e. The van der Waals surface area contributed by atoms with Crippen molar-refractivity contribution in [3.63, 3.8) is 0 Å². The van der Waals surface area contributed by atoms with Crippen LogP contribution < -0.4 is 4.90 Å². The number of aromatic nitrogens is 3. The van der Waals surface area contributed by atoms with Crippen molar-refractivity contribution in [2.75, 3.05) is 11.5 Å². The van der Waals surface area contributed by atoms with Crippen LogP contribution in [0.2, 0.25) is 0 Å². The molecule has 1 saturated heterocycles. The summed E-state index contributed by atoms with van der Waals surface area (Å²) in [7, 11) is 1.85. The van der Waals surface area contributed by atoms with E-state index in [9.17, 15) is 41.0 Å². The van der Waals surface area contributed by atoms with Crippen molar-refractivity contribution in [1.82, 2.24) is 19.4 Å². The molecule has 0 radical (unpaired) electrons. The fraction of sp³-hybridized carbons (Fsp3) is 0.556. The van der Waals surface area contributed by atoms with Gasteiger partial charge in [0.05, 0.1) is 23.7 Å². The quantitative estimate of drug-likeness (QED) is 0.209. The first kappa shape index (κ1) is 37.9. The van der Waals surface area contributed by atoms with Crippen molar-refractivity contribution >= 4 is 18.0 Å². The Hall–Kier alpha value is -4.30. The number of carbonyl (C=O) groups is 2. The van der Waals surface area contributed by atoms with Crippen LogP contribution in [0.5, 0.6) is 0 Å². The first-order chi connectivity index (χ1) is 24.1. The second-order valence-corrected chi connectivity index (χ2v) is 13.7. The number of hydrogen-bond donors (Lipinski definition) is 1. The molecule has 3 atom stereocenters. The second kappa shape index (κ2) is 15.5. The average Bonchev–Trinajstić information content (AvgIpc) is 3.54. The van der Waals surface area contributed by atoms with Crippen molar-refractivity contribution < 1.29 is 45.8 Å². The standard InChI is InChI=1S/C36H43F6N5O4/c1-4-29-15-31(16-30(5-2)47(29)34(50)51-21-22-6-8-24(9-7-22)32(48)49)46(33-43-17-26(18-44-33)25-10-11-45(3)20-25)19-23-12-27(35(37,38)39)14-28(13-23)36(40,41)42/h10-14,17-18,20,22,24,29-31H,4-9,15-16,19,21H2,1-3H3,(H,48,49)/t22?,24?,29-,30+,31?. The predicted octanol–water partition coefficient (Wildman–Crippen LogP) is 8.58. The summed E-state index contributed by atoms with van der Waals surface area (Å²) in [6.07, 6.45) is 0.442. The summed E-state index contributed by atoms with van der Waals surface area (Å²) < 4.78 is 90.6. The molecule has 1 aromatic carbocycles. The third kappa shape index (κ3) is 9.14. The fourth-order valence-corrected chi connectivity index (χ4v) is 7.33. The molecule has 9 nitrogen and oxygen atoms in total. The van der Waals surface area contributed by atoms with Crippen LogP contribution in [0.15, 0.2) is 49.1 Å². The maximum Gasteiger partial charge on any atom is 0.416 e. The maximum atomic E-state index is 13.8. The number of carbonyl (C=O) groups excluding carboxylic acids is 1. The van der Waals surface area contributed by atoms with E-state index < -0.39 is 41.6 Å². The molecule has 1 amide bonds. The molecular formula is C36H43F6N5O4. The number of likely N-dealkylation sites (tertiary alicyclic amines) is 1. The van der Waals surface area contributed by atoms with Gasteiger partial charge in [-0.3, -0.25) is 4.79 Å². The number of amides is 1. The molecular weight excluding hydrogens is 680 g/mol. The molecule has 15 heteroatoms. The highest BCUT2D eigenvalue weighted by molar-refractivity contribution is 5.70. The number of halogens is 6. The summed E-state index contributed by atoms with van der Waals surface area (Å²) in [6, 6.07) is 2.30. The zero-order chi connectivity index (χ0) is 37.1. The van der Waals surface area contributed by atoms with E-state index in [2.05, 4.69) is 9.97 Å². The van der Waals surface area contributed by atoms with Crippen LogP contribution in [0.25, 0.3) is 11.1 Å². The summed E-state index contributed by atoms with van der Waals surface area (Å²) >= 11 is 0. The third-order valence-corrected chi connectivity index (χ3v) is 10.2. The molecule has 2 aromatic heterocycles. The van der Waals surface area contributed by atoms with Gasteiger partial charge in [0.1, 0.15) is 0 Å². The van der Waals surface area contributed by atoms with E-state index in [1.807, 2.05) is 43.9 Å². The van der Waals surface area contributed by atoms with Gasteiger partial charge in [-0.05, 0) is 87.1 Å². The molecule has 1 unspecified atom stereocenters. The first-order valence-electron chi connectivity index (χ1n) is 17.2. The van der Waals surface area contributed by atoms with Gasteiger partial charge in [0, 0.05) is 67.6 Å². The molecule has 2 aliphatic rings. The molecule has 3 heterocycles. The van der Waals surface area contributed by atoms with E-state index in [0.29, 0.717) is 56.9 Å². The minimum Gasteiger partial charge on any atom is -0.481 e. The Bertz CT molecular complexity index is 1610. The van der Waals surface area contributed by atoms with Gasteiger partial charge in [0.2, 0.25) is 5.95 Å². The number of benzene rings is 1. The van der Waals surface area contributed by atoms with Crippen LogP contribution in [0, 0.1) is 11.8 Å². The Morgan fingerprint density at radius 1 is 0.902 bits per heavy atom. The van der Waals surface area contributed by atoms with Crippen molar-refractivity contribution in [1.29, 1.82) is 0 Å². The molecule has 5 rings (SSSR count). The number of alkyl halides is 6. The summed E-state index contributed by atoms with van der Waals surface area (Å²) in [5.41, 5.74) is -1.49. The summed E-state index contributed by atoms with van der Waals surface area (Å²) in [4.78, 5) is 37.4. The topological polar surface area (TPSA) is 101 Å². The molecule has 51 heavy (non-hydrogen) atoms. The van der Waals surface area contributed by atoms with E-state index in [1.165, 1.54) is 0 Å². The van der Waals surface area contributed by atoms with E-state index in [1.54, 1.807) is 22.2 Å². The van der Waals surface area contributed by atoms with E-state index >= 15 is 0 Å². The van der Waals surface area contributed by atoms with Gasteiger partial charge >= 0.3 is 24.4 Å². The minimum absolute atomic E-state index is 0.0581. The minimum atomic E-state index is -5.00. The highest BCUT2D eigenvalue weighted by Crippen LogP contribution is 2.39. The van der Waals surface area contributed by atoms with E-state index in [0.717, 1.165) is 17.7 Å². The lowest BCUT2D eigenvalue weighted by Gasteiger charge is -2.47. The Kier molecular flexibility index (Phi) is 11.5. The van der Waals surface area contributed by atoms with Crippen molar-refractivity contribution in [2.45, 2.75) is 102 Å². The summed E-state index contributed by atoms with van der Waals surface area (Å²) in [5.74, 6) is -1.00. The van der Waals surface area contributed by atoms with Gasteiger partial charge in [-0.15, -0.1) is 0 Å². The number of ether oxygens (including phenoxy) is 1. The number of carboxylic acids is 1. The Balaban J connectivity index is 1.42. The van der Waals surface area contributed by atoms with Gasteiger partial charge in [-0.2, -0.15) is 26.3 Å². The molecule has 0 spiro atoms. The Morgan fingerprint density at radius 2 is 1.47 bits per heavy atom. The molecule has 1 aliphatic heterocycles. The van der Waals surface area contributed by atoms with Crippen LogP contribution in [0.4, 0.5) is 37.1 Å². The summed E-state index contributed by atoms with van der Waals surface area (Å²) in [5, 5.41) is 9.30. The molecule has 1 N–H and O–H groups in total. The summed E-state index contributed by atoms with van der Waals surface area (Å²) in [6.45, 7) is 3.65. The number of aliphatic carboxylic acids is 1. The Morgan fingerprint density at radius 3 is 1.94 bits per heavy atom. The SMILES string of the molecule is CC[C@@H]1CC(N(Cc2cc(C(F)(F)F)cc(C(F)(F)F)c2)c2ncc(-c3ccn(C)c3)cn2)C[C@H](CC)N1C(=O)OCC1CCC(C(=O)O)CC1. The largest absolute Gasteiger partial charge is 0.481 e. The number of hydrogen-bond acceptors (Lipinski definition) is 6. The molecule has 278 valence electrons. The van der Waals surface area contributed by atoms with E-state index in [-0.39, 0.29) is 54.6 Å². The lowest BCUT2D eigenvalue weighted by atomic mass is 9.82. The van der Waals surface area contributed by atoms with Gasteiger partial charge in [0.25, 0.3) is 0 Å². The van der Waals surface area contributed by atoms with Gasteiger partial charge < -0.3 is 24.2 Å². The number of nitrogens with zero attached hydrogens (tertiary/aromatic N) is 5. The van der Waals surface area contributed by atoms with Crippen molar-refractivity contribution in [3.05, 3.63) is 65.7 Å². The lowest BCUT2D eigenvalue weighted by molar-refractivity contribution is -0.144. The van der Waals surface area contributed by atoms with Crippen molar-refractivity contribution in [2.24, 2.45) is 18.9 Å². The number of rotatable bonds is 10. The predicted molar refractivity (Wildman–Crippen MR) is 177 cm³/mol. The third-order valence-electron chi connectivity index (χ3n) is 10.2. The number of piperidine rings is 1. The van der Waals surface area contributed by atoms with Crippen LogP contribution in [0.3, 0.4) is 0 Å². The molecule has 1 saturated carbocycles. The zero-order valence-electron chi connectivity index (χ0n) is 28.8. The van der Waals surface area contributed by atoms with Crippen LogP contribution in [0.1, 0.15) is 81.9 Å². The fourth-order valence-electron chi connectivity index (χ4n) is 7.33. The highest BCUT2D eigenvalue weighted by Gasteiger charge is 2.42. The van der Waals surface area contributed by atoms with Gasteiger partial charge in [-0.1, -0.05) is 13.8 Å². The number of anilines is 1. The number of aryl methyl sites for hydroxylation is 1. The normalized spacial score (nSPS) is 22.8. The number of carboxylic acid groups (broad SMARTS) is 1. The lowest BCUT2D eigenvalue weighted by Crippen LogP contribution is -2.57. The van der Waals surface area contributed by atoms with Crippen molar-refractivity contribution in [3.8, 4) is 11.1 Å². The van der Waals surface area contributed by atoms with Crippen LogP contribution in [-0.4, -0.2) is 61.3 Å². The second-order valence-electron chi connectivity index (χ2n) is 13.7. The van der Waals surface area contributed by atoms with Crippen LogP contribution in [-0.2, 0) is 35.5 Å². The molecule has 3 aromatic rings. The Labute approximate surface area is 292 Å². The van der Waals surface area contributed by atoms with Gasteiger partial charge in [-0.25, -0.2) is 14.8 Å². The molecule has 0 bridgehead atoms.